The average molecular weight is 275 g/mol. The van der Waals surface area contributed by atoms with Crippen LogP contribution in [0, 0.1) is 12.8 Å². The van der Waals surface area contributed by atoms with E-state index in [1.165, 1.54) is 22.0 Å². The van der Waals surface area contributed by atoms with Gasteiger partial charge in [-0.2, -0.15) is 5.10 Å². The minimum atomic E-state index is 0.414. The van der Waals surface area contributed by atoms with Crippen LogP contribution in [0.4, 0.5) is 5.82 Å². The van der Waals surface area contributed by atoms with Crippen molar-refractivity contribution in [2.24, 2.45) is 5.92 Å². The van der Waals surface area contributed by atoms with Gasteiger partial charge in [0.05, 0.1) is 11.7 Å². The molecule has 0 saturated carbocycles. The summed E-state index contributed by atoms with van der Waals surface area (Å²) in [4.78, 5) is 1.46. The molecule has 3 heterocycles. The molecule has 1 aliphatic heterocycles. The number of aryl methyl sites for hydroxylation is 1. The number of aromatic nitrogens is 2. The summed E-state index contributed by atoms with van der Waals surface area (Å²) in [6.07, 6.45) is 2.18. The highest BCUT2D eigenvalue weighted by Crippen LogP contribution is 2.34. The number of nitrogens with one attached hydrogen (secondary N) is 1. The predicted molar refractivity (Wildman–Crippen MR) is 81.1 cm³/mol. The molecule has 0 radical (unpaired) electrons. The van der Waals surface area contributed by atoms with Gasteiger partial charge in [0.15, 0.2) is 0 Å². The minimum Gasteiger partial charge on any atom is -0.370 e. The molecule has 0 aliphatic carbocycles. The quantitative estimate of drug-likeness (QED) is 0.922. The van der Waals surface area contributed by atoms with Crippen LogP contribution in [0.2, 0.25) is 0 Å². The van der Waals surface area contributed by atoms with Gasteiger partial charge in [0, 0.05) is 17.5 Å². The molecule has 2 aromatic rings. The third-order valence-electron chi connectivity index (χ3n) is 3.63. The Hall–Kier alpha value is -1.29. The van der Waals surface area contributed by atoms with Crippen molar-refractivity contribution in [2.75, 3.05) is 11.9 Å². The molecule has 102 valence electrons. The van der Waals surface area contributed by atoms with Crippen LogP contribution in [0.1, 0.15) is 42.4 Å². The van der Waals surface area contributed by atoms with Gasteiger partial charge in [-0.05, 0) is 42.7 Å². The van der Waals surface area contributed by atoms with Crippen molar-refractivity contribution in [3.05, 3.63) is 33.6 Å². The van der Waals surface area contributed by atoms with Crippen LogP contribution >= 0.6 is 11.3 Å². The lowest BCUT2D eigenvalue weighted by Crippen LogP contribution is -2.24. The Bertz CT molecular complexity index is 568. The molecule has 3 nitrogen and oxygen atoms in total. The van der Waals surface area contributed by atoms with E-state index in [0.29, 0.717) is 12.0 Å². The fourth-order valence-corrected chi connectivity index (χ4v) is 3.81. The molecule has 1 N–H and O–H groups in total. The fraction of sp³-hybridized carbons (Fsp3) is 0.533. The molecule has 0 bridgehead atoms. The van der Waals surface area contributed by atoms with Crippen molar-refractivity contribution in [1.29, 1.82) is 0 Å². The normalized spacial score (nSPS) is 18.4. The van der Waals surface area contributed by atoms with Crippen LogP contribution in [0.5, 0.6) is 0 Å². The van der Waals surface area contributed by atoms with E-state index in [1.54, 1.807) is 0 Å². The lowest BCUT2D eigenvalue weighted by atomic mass is 10.1. The van der Waals surface area contributed by atoms with Crippen molar-refractivity contribution in [3.63, 3.8) is 0 Å². The van der Waals surface area contributed by atoms with E-state index >= 15 is 0 Å². The van der Waals surface area contributed by atoms with Crippen molar-refractivity contribution in [1.82, 2.24) is 9.78 Å². The van der Waals surface area contributed by atoms with Crippen LogP contribution in [0.3, 0.4) is 0 Å². The average Bonchev–Trinajstić information content (AvgIpc) is 2.93. The minimum absolute atomic E-state index is 0.414. The summed E-state index contributed by atoms with van der Waals surface area (Å²) in [5, 5.41) is 10.5. The summed E-state index contributed by atoms with van der Waals surface area (Å²) in [5.74, 6) is 1.83. The van der Waals surface area contributed by atoms with Crippen molar-refractivity contribution < 1.29 is 0 Å². The topological polar surface area (TPSA) is 29.9 Å². The number of thiophene rings is 1. The lowest BCUT2D eigenvalue weighted by Gasteiger charge is -2.25. The first-order valence-electron chi connectivity index (χ1n) is 7.01. The van der Waals surface area contributed by atoms with E-state index in [1.807, 2.05) is 11.3 Å². The first-order valence-corrected chi connectivity index (χ1v) is 7.89. The number of rotatable bonds is 3. The van der Waals surface area contributed by atoms with Crippen molar-refractivity contribution in [2.45, 2.75) is 39.7 Å². The monoisotopic (exact) mass is 275 g/mol. The van der Waals surface area contributed by atoms with Gasteiger partial charge in [0.1, 0.15) is 5.82 Å². The van der Waals surface area contributed by atoms with E-state index in [0.717, 1.165) is 19.4 Å². The molecule has 0 fully saturated rings. The largest absolute Gasteiger partial charge is 0.370 e. The van der Waals surface area contributed by atoms with Gasteiger partial charge in [0.2, 0.25) is 0 Å². The number of nitrogens with zero attached hydrogens (tertiary/aromatic N) is 2. The van der Waals surface area contributed by atoms with Crippen LogP contribution < -0.4 is 5.32 Å². The van der Waals surface area contributed by atoms with Crippen LogP contribution in [-0.4, -0.2) is 16.3 Å². The highest BCUT2D eigenvalue weighted by Gasteiger charge is 2.25. The Morgan fingerprint density at radius 3 is 3.05 bits per heavy atom. The first-order chi connectivity index (χ1) is 9.15. The molecule has 4 heteroatoms. The SMILES string of the molecule is Cc1ccsc1C1CCNc2cc(CC(C)C)nn21. The van der Waals surface area contributed by atoms with Gasteiger partial charge in [-0.15, -0.1) is 11.3 Å². The summed E-state index contributed by atoms with van der Waals surface area (Å²) in [6.45, 7) is 7.72. The molecule has 0 aromatic carbocycles. The molecule has 0 saturated heterocycles. The summed E-state index contributed by atoms with van der Waals surface area (Å²) >= 11 is 1.85. The van der Waals surface area contributed by atoms with E-state index in [2.05, 4.69) is 48.3 Å². The fourth-order valence-electron chi connectivity index (χ4n) is 2.76. The predicted octanol–water partition coefficient (Wildman–Crippen LogP) is 3.86. The zero-order valence-corrected chi connectivity index (χ0v) is 12.6. The molecule has 19 heavy (non-hydrogen) atoms. The molecule has 1 unspecified atom stereocenters. The first kappa shape index (κ1) is 12.7. The van der Waals surface area contributed by atoms with Gasteiger partial charge in [-0.1, -0.05) is 13.8 Å². The van der Waals surface area contributed by atoms with E-state index in [4.69, 9.17) is 5.10 Å². The maximum absolute atomic E-state index is 4.83. The highest BCUT2D eigenvalue weighted by molar-refractivity contribution is 7.10. The van der Waals surface area contributed by atoms with Crippen LogP contribution in [-0.2, 0) is 6.42 Å². The van der Waals surface area contributed by atoms with Crippen LogP contribution in [0.15, 0.2) is 17.5 Å². The Labute approximate surface area is 118 Å². The molecule has 2 aromatic heterocycles. The molecule has 1 atom stereocenters. The zero-order chi connectivity index (χ0) is 13.4. The van der Waals surface area contributed by atoms with Gasteiger partial charge in [-0.25, -0.2) is 4.68 Å². The summed E-state index contributed by atoms with van der Waals surface area (Å²) < 4.78 is 2.19. The van der Waals surface area contributed by atoms with E-state index in [-0.39, 0.29) is 0 Å². The molecule has 3 rings (SSSR count). The van der Waals surface area contributed by atoms with Crippen LogP contribution in [0.25, 0.3) is 0 Å². The standard InChI is InChI=1S/C15H21N3S/c1-10(2)8-12-9-14-16-6-4-13(18(14)17-12)15-11(3)5-7-19-15/h5,7,9-10,13,16H,4,6,8H2,1-3H3. The molecular formula is C15H21N3S. The van der Waals surface area contributed by atoms with Gasteiger partial charge < -0.3 is 5.32 Å². The van der Waals surface area contributed by atoms with Crippen molar-refractivity contribution in [3.8, 4) is 0 Å². The summed E-state index contributed by atoms with van der Waals surface area (Å²) in [5.41, 5.74) is 2.60. The summed E-state index contributed by atoms with van der Waals surface area (Å²) in [7, 11) is 0. The number of anilines is 1. The smallest absolute Gasteiger partial charge is 0.125 e. The molecule has 0 amide bonds. The second-order valence-electron chi connectivity index (χ2n) is 5.76. The Morgan fingerprint density at radius 2 is 2.37 bits per heavy atom. The lowest BCUT2D eigenvalue weighted by molar-refractivity contribution is 0.479. The third-order valence-corrected chi connectivity index (χ3v) is 4.75. The Kier molecular flexibility index (Phi) is 3.35. The zero-order valence-electron chi connectivity index (χ0n) is 11.8. The van der Waals surface area contributed by atoms with Gasteiger partial charge in [0.25, 0.3) is 0 Å². The highest BCUT2D eigenvalue weighted by atomic mass is 32.1. The van der Waals surface area contributed by atoms with E-state index < -0.39 is 0 Å². The summed E-state index contributed by atoms with van der Waals surface area (Å²) in [6, 6.07) is 4.84. The Balaban J connectivity index is 1.95. The maximum atomic E-state index is 4.83. The number of hydrogen-bond acceptors (Lipinski definition) is 3. The molecular weight excluding hydrogens is 254 g/mol. The number of hydrogen-bond donors (Lipinski definition) is 1. The van der Waals surface area contributed by atoms with Gasteiger partial charge >= 0.3 is 0 Å². The number of fused-ring (bicyclic) bond motifs is 1. The second kappa shape index (κ2) is 5.00. The molecule has 0 spiro atoms. The van der Waals surface area contributed by atoms with Gasteiger partial charge in [-0.3, -0.25) is 0 Å². The molecule has 1 aliphatic rings. The van der Waals surface area contributed by atoms with Crippen molar-refractivity contribution >= 4 is 17.2 Å². The van der Waals surface area contributed by atoms with E-state index in [9.17, 15) is 0 Å². The second-order valence-corrected chi connectivity index (χ2v) is 6.71. The Morgan fingerprint density at radius 1 is 1.53 bits per heavy atom. The third kappa shape index (κ3) is 2.41. The maximum Gasteiger partial charge on any atom is 0.125 e.